The van der Waals surface area contributed by atoms with Crippen molar-refractivity contribution in [3.05, 3.63) is 162 Å². The molecule has 0 bridgehead atoms. The van der Waals surface area contributed by atoms with E-state index in [0.717, 1.165) is 39.2 Å². The van der Waals surface area contributed by atoms with Crippen molar-refractivity contribution in [1.82, 2.24) is 19.6 Å². The maximum Gasteiger partial charge on any atom is 0.375 e. The lowest BCUT2D eigenvalue weighted by molar-refractivity contribution is -0.325. The molecule has 2 heterocycles. The summed E-state index contributed by atoms with van der Waals surface area (Å²) in [7, 11) is 0. The maximum absolute atomic E-state index is 11.8. The number of fused-ring (bicyclic) bond motifs is 3. The topological polar surface area (TPSA) is 179 Å². The van der Waals surface area contributed by atoms with Crippen molar-refractivity contribution in [2.45, 2.75) is 48.0 Å². The second-order valence-electron chi connectivity index (χ2n) is 14.3. The number of aryl methyl sites for hydroxylation is 2. The smallest absolute Gasteiger partial charge is 0.375 e. The number of benzene rings is 6. The molecule has 0 aliphatic carbocycles. The molecule has 0 fully saturated rings. The van der Waals surface area contributed by atoms with Crippen LogP contribution in [0.25, 0.3) is 43.7 Å². The SMILES string of the molecule is CC(=O)c1cc(C)nn1-c1ccc2ccccc2c1.CCOC(=O)C(=O)CC(C)=O.CCOC(=O)c1cc(C)n(-c2ccc3ccccc3c2)n1.[Cl-].[NH3+]Nc1ccc2ccccc2c1. The molecule has 8 aromatic rings. The molecule has 0 aliphatic heterocycles. The number of ketones is 3. The highest BCUT2D eigenvalue weighted by Crippen LogP contribution is 2.22. The number of nitrogens with one attached hydrogen (secondary N) is 1. The third kappa shape index (κ3) is 13.3. The van der Waals surface area contributed by atoms with Gasteiger partial charge in [0, 0.05) is 12.6 Å². The Balaban J connectivity index is 0.000000193. The minimum atomic E-state index is -0.928. The van der Waals surface area contributed by atoms with Gasteiger partial charge in [0.25, 0.3) is 0 Å². The standard InChI is InChI=1S/C17H16N2O2.C16H14N2O.C10H10N2.C7H10O4.ClH/c1-3-21-17(20)16-10-12(2)19(18-16)15-9-8-13-6-4-5-7-14(13)11-15;1-11-9-16(12(2)19)18(17-11)15-8-7-13-5-3-4-6-14(13)10-15;11-12-10-6-5-8-3-1-2-4-9(8)7-10;1-3-11-7(10)6(9)4-5(2)8;/h4-11H,3H2,1-2H3;3-10H,1-2H3;1-7,12H,11H2;3-4H2,1-2H3;1H. The lowest BCUT2D eigenvalue weighted by Crippen LogP contribution is -3.00. The van der Waals surface area contributed by atoms with Crippen LogP contribution in [0.5, 0.6) is 0 Å². The van der Waals surface area contributed by atoms with E-state index >= 15 is 0 Å². The van der Waals surface area contributed by atoms with Gasteiger partial charge >= 0.3 is 11.9 Å². The van der Waals surface area contributed by atoms with Crippen LogP contribution in [0.3, 0.4) is 0 Å². The van der Waals surface area contributed by atoms with Gasteiger partial charge < -0.3 is 21.9 Å². The van der Waals surface area contributed by atoms with Gasteiger partial charge in [-0.05, 0) is 115 Å². The van der Waals surface area contributed by atoms with Crippen LogP contribution in [0, 0.1) is 13.8 Å². The van der Waals surface area contributed by atoms with Crippen LogP contribution >= 0.6 is 0 Å². The van der Waals surface area contributed by atoms with Gasteiger partial charge in [-0.25, -0.2) is 24.4 Å². The van der Waals surface area contributed by atoms with Crippen LogP contribution in [-0.2, 0) is 23.9 Å². The van der Waals surface area contributed by atoms with Crippen molar-refractivity contribution < 1.29 is 51.7 Å². The summed E-state index contributed by atoms with van der Waals surface area (Å²) in [6, 6.07) is 46.5. The number of anilines is 1. The lowest BCUT2D eigenvalue weighted by atomic mass is 10.1. The Hall–Kier alpha value is -7.48. The van der Waals surface area contributed by atoms with Crippen molar-refractivity contribution in [2.75, 3.05) is 18.6 Å². The molecule has 0 amide bonds. The second kappa shape index (κ2) is 23.7. The quantitative estimate of drug-likeness (QED) is 0.0581. The zero-order valence-electron chi connectivity index (χ0n) is 36.6. The molecule has 6 aromatic carbocycles. The number of carbonyl (C=O) groups is 5. The van der Waals surface area contributed by atoms with Crippen LogP contribution in [0.15, 0.2) is 140 Å². The summed E-state index contributed by atoms with van der Waals surface area (Å²) in [6.45, 7) is 10.5. The van der Waals surface area contributed by atoms with Gasteiger partial charge in [-0.3, -0.25) is 20.2 Å². The van der Waals surface area contributed by atoms with Crippen molar-refractivity contribution in [1.29, 1.82) is 0 Å². The Morgan fingerprint density at radius 2 is 1.08 bits per heavy atom. The number of carbonyl (C=O) groups excluding carboxylic acids is 5. The van der Waals surface area contributed by atoms with Gasteiger partial charge in [0.15, 0.2) is 11.5 Å². The monoisotopic (exact) mass is 882 g/mol. The Morgan fingerprint density at radius 3 is 1.56 bits per heavy atom. The summed E-state index contributed by atoms with van der Waals surface area (Å²) in [4.78, 5) is 54.9. The average molecular weight is 883 g/mol. The average Bonchev–Trinajstić information content (AvgIpc) is 3.89. The second-order valence-corrected chi connectivity index (χ2v) is 14.3. The van der Waals surface area contributed by atoms with Gasteiger partial charge in [-0.15, -0.1) is 0 Å². The molecule has 0 radical (unpaired) electrons. The first-order valence-electron chi connectivity index (χ1n) is 20.3. The predicted molar refractivity (Wildman–Crippen MR) is 245 cm³/mol. The molecule has 0 spiro atoms. The number of hydrogen-bond donors (Lipinski definition) is 2. The number of halogens is 1. The van der Waals surface area contributed by atoms with Gasteiger partial charge in [-0.2, -0.15) is 10.2 Å². The minimum absolute atomic E-state index is 0. The predicted octanol–water partition coefficient (Wildman–Crippen LogP) is 5.56. The van der Waals surface area contributed by atoms with Crippen LogP contribution < -0.4 is 23.7 Å². The van der Waals surface area contributed by atoms with Gasteiger partial charge in [0.05, 0.1) is 42.4 Å². The Kier molecular flexibility index (Phi) is 18.2. The fraction of sp³-hybridized carbons (Fsp3) is 0.180. The normalized spacial score (nSPS) is 10.2. The van der Waals surface area contributed by atoms with Crippen molar-refractivity contribution in [3.63, 3.8) is 0 Å². The van der Waals surface area contributed by atoms with Gasteiger partial charge in [0.1, 0.15) is 11.5 Å². The van der Waals surface area contributed by atoms with Crippen molar-refractivity contribution in [3.8, 4) is 11.4 Å². The molecule has 13 nitrogen and oxygen atoms in total. The van der Waals surface area contributed by atoms with E-state index in [4.69, 9.17) is 4.74 Å². The van der Waals surface area contributed by atoms with Crippen LogP contribution in [0.4, 0.5) is 5.69 Å². The summed E-state index contributed by atoms with van der Waals surface area (Å²) >= 11 is 0. The number of ether oxygens (including phenoxy) is 2. The highest BCUT2D eigenvalue weighted by molar-refractivity contribution is 6.36. The fourth-order valence-corrected chi connectivity index (χ4v) is 6.41. The number of quaternary nitrogens is 1. The first-order chi connectivity index (χ1) is 30.3. The number of Topliss-reactive ketones (excluding diaryl/α,β-unsaturated/α-hetero) is 3. The van der Waals surface area contributed by atoms with E-state index in [2.05, 4.69) is 86.9 Å². The highest BCUT2D eigenvalue weighted by Gasteiger charge is 2.17. The Morgan fingerprint density at radius 1 is 0.594 bits per heavy atom. The van der Waals surface area contributed by atoms with Crippen LogP contribution in [-0.4, -0.2) is 62.1 Å². The maximum atomic E-state index is 11.8. The van der Waals surface area contributed by atoms with E-state index < -0.39 is 11.8 Å². The summed E-state index contributed by atoms with van der Waals surface area (Å²) in [5.41, 5.74) is 8.46. The third-order valence-electron chi connectivity index (χ3n) is 9.39. The zero-order chi connectivity index (χ0) is 45.5. The molecule has 0 saturated heterocycles. The largest absolute Gasteiger partial charge is 1.00 e. The molecule has 0 saturated carbocycles. The molecule has 2 aromatic heterocycles. The molecule has 4 N–H and O–H groups in total. The first kappa shape index (κ1) is 49.2. The molecule has 8 rings (SSSR count). The Bertz CT molecular complexity index is 2900. The summed E-state index contributed by atoms with van der Waals surface area (Å²) in [5, 5.41) is 15.9. The zero-order valence-corrected chi connectivity index (χ0v) is 37.4. The number of hydrogen-bond acceptors (Lipinski definition) is 10. The van der Waals surface area contributed by atoms with Crippen LogP contribution in [0.2, 0.25) is 0 Å². The molecular weight excluding hydrogens is 832 g/mol. The number of rotatable bonds is 10. The van der Waals surface area contributed by atoms with E-state index in [1.54, 1.807) is 36.2 Å². The number of nitrogens with zero attached hydrogens (tertiary/aromatic N) is 4. The molecule has 0 atom stereocenters. The molecule has 0 unspecified atom stereocenters. The minimum Gasteiger partial charge on any atom is -1.00 e. The Labute approximate surface area is 377 Å². The van der Waals surface area contributed by atoms with Gasteiger partial charge in [-0.1, -0.05) is 91.0 Å². The summed E-state index contributed by atoms with van der Waals surface area (Å²) in [5.74, 6) is 1.21. The molecule has 64 heavy (non-hydrogen) atoms. The van der Waals surface area contributed by atoms with Crippen molar-refractivity contribution in [2.24, 2.45) is 0 Å². The van der Waals surface area contributed by atoms with E-state index in [0.29, 0.717) is 18.0 Å². The first-order valence-corrected chi connectivity index (χ1v) is 20.3. The molecule has 330 valence electrons. The fourth-order valence-electron chi connectivity index (χ4n) is 6.41. The highest BCUT2D eigenvalue weighted by atomic mass is 35.5. The molecule has 14 heteroatoms. The van der Waals surface area contributed by atoms with E-state index in [1.165, 1.54) is 28.5 Å². The number of esters is 2. The lowest BCUT2D eigenvalue weighted by Gasteiger charge is -2.06. The van der Waals surface area contributed by atoms with Crippen LogP contribution in [0.1, 0.15) is 66.5 Å². The third-order valence-corrected chi connectivity index (χ3v) is 9.39. The number of aromatic nitrogens is 4. The van der Waals surface area contributed by atoms with Gasteiger partial charge in [0.2, 0.25) is 5.78 Å². The summed E-state index contributed by atoms with van der Waals surface area (Å²) < 4.78 is 12.8. The van der Waals surface area contributed by atoms with E-state index in [-0.39, 0.29) is 43.0 Å². The van der Waals surface area contributed by atoms with Crippen molar-refractivity contribution >= 4 is 67.3 Å². The van der Waals surface area contributed by atoms with E-state index in [9.17, 15) is 24.0 Å². The molecular formula is C50H51ClN6O7. The molecule has 0 aliphatic rings. The van der Waals surface area contributed by atoms with E-state index in [1.807, 2.05) is 86.6 Å². The summed E-state index contributed by atoms with van der Waals surface area (Å²) in [6.07, 6.45) is -0.362.